The third-order valence-corrected chi connectivity index (χ3v) is 1.96. The van der Waals surface area contributed by atoms with Crippen molar-refractivity contribution in [2.75, 3.05) is 14.2 Å². The number of hydrogen-bond donors (Lipinski definition) is 1. The predicted octanol–water partition coefficient (Wildman–Crippen LogP) is 1.26. The molecule has 0 fully saturated rings. The van der Waals surface area contributed by atoms with Crippen LogP contribution in [0, 0.1) is 11.3 Å². The molecule has 5 nitrogen and oxygen atoms in total. The Hall–Kier alpha value is -2.22. The molecule has 1 atom stereocenters. The molecule has 0 heterocycles. The largest absolute Gasteiger partial charge is 0.497 e. The summed E-state index contributed by atoms with van der Waals surface area (Å²) in [5.74, 6) is 0.479. The van der Waals surface area contributed by atoms with Crippen LogP contribution >= 0.6 is 0 Å². The van der Waals surface area contributed by atoms with Gasteiger partial charge in [-0.3, -0.25) is 0 Å². The smallest absolute Gasteiger partial charge is 0.407 e. The Kier molecular flexibility index (Phi) is 4.16. The summed E-state index contributed by atoms with van der Waals surface area (Å²) in [6.07, 6.45) is 5.28. The fourth-order valence-corrected chi connectivity index (χ4v) is 1.20. The highest BCUT2D eigenvalue weighted by atomic mass is 16.6. The quantitative estimate of drug-likeness (QED) is 0.711. The number of alkyl carbamates (subject to hydrolysis) is 1. The Balaban J connectivity index is 2.81. The molecule has 1 unspecified atom stereocenters. The summed E-state index contributed by atoms with van der Waals surface area (Å²) in [6, 6.07) is 1.92. The third-order valence-electron chi connectivity index (χ3n) is 1.96. The van der Waals surface area contributed by atoms with E-state index in [9.17, 15) is 4.79 Å². The highest BCUT2D eigenvalue weighted by Crippen LogP contribution is 2.19. The molecule has 1 amide bonds. The second-order valence-electron chi connectivity index (χ2n) is 2.96. The highest BCUT2D eigenvalue weighted by molar-refractivity contribution is 5.67. The zero-order valence-electron chi connectivity index (χ0n) is 9.06. The first-order chi connectivity index (χ1) is 7.71. The van der Waals surface area contributed by atoms with Crippen molar-refractivity contribution in [1.29, 1.82) is 5.26 Å². The maximum Gasteiger partial charge on any atom is 0.407 e. The molecule has 0 aromatic carbocycles. The molecule has 1 rings (SSSR count). The number of nitrogens with zero attached hydrogens (tertiary/aromatic N) is 1. The lowest BCUT2D eigenvalue weighted by atomic mass is 10.1. The lowest BCUT2D eigenvalue weighted by molar-refractivity contribution is 0.104. The van der Waals surface area contributed by atoms with E-state index in [1.807, 2.05) is 6.07 Å². The molecule has 16 heavy (non-hydrogen) atoms. The van der Waals surface area contributed by atoms with Crippen molar-refractivity contribution in [3.05, 3.63) is 35.6 Å². The Morgan fingerprint density at radius 2 is 2.44 bits per heavy atom. The first-order valence-electron chi connectivity index (χ1n) is 4.63. The normalized spacial score (nSPS) is 20.9. The van der Waals surface area contributed by atoms with Gasteiger partial charge < -0.3 is 14.8 Å². The number of rotatable bonds is 2. The van der Waals surface area contributed by atoms with Gasteiger partial charge in [-0.05, 0) is 17.7 Å². The fourth-order valence-electron chi connectivity index (χ4n) is 1.20. The van der Waals surface area contributed by atoms with Crippen LogP contribution in [0.25, 0.3) is 0 Å². The Morgan fingerprint density at radius 3 is 3.00 bits per heavy atom. The number of ether oxygens (including phenoxy) is 2. The van der Waals surface area contributed by atoms with Gasteiger partial charge >= 0.3 is 6.09 Å². The van der Waals surface area contributed by atoms with Crippen molar-refractivity contribution in [1.82, 2.24) is 5.32 Å². The maximum atomic E-state index is 11.0. The molecule has 0 saturated carbocycles. The van der Waals surface area contributed by atoms with Gasteiger partial charge in [-0.15, -0.1) is 0 Å². The average molecular weight is 220 g/mol. The first-order valence-corrected chi connectivity index (χ1v) is 4.63. The number of carbonyl (C=O) groups excluding carboxylic acids is 1. The third kappa shape index (κ3) is 2.89. The molecule has 0 aromatic rings. The molecule has 84 valence electrons. The number of carbonyl (C=O) groups is 1. The Bertz CT molecular complexity index is 402. The van der Waals surface area contributed by atoms with Crippen LogP contribution in [0.1, 0.15) is 0 Å². The van der Waals surface area contributed by atoms with Crippen LogP contribution in [0.15, 0.2) is 35.6 Å². The predicted molar refractivity (Wildman–Crippen MR) is 57.3 cm³/mol. The molecule has 1 aliphatic carbocycles. The van der Waals surface area contributed by atoms with Gasteiger partial charge in [0, 0.05) is 13.1 Å². The van der Waals surface area contributed by atoms with Crippen LogP contribution in [-0.2, 0) is 9.47 Å². The highest BCUT2D eigenvalue weighted by Gasteiger charge is 2.19. The van der Waals surface area contributed by atoms with E-state index in [1.165, 1.54) is 20.2 Å². The van der Waals surface area contributed by atoms with Crippen LogP contribution in [-0.4, -0.2) is 26.4 Å². The maximum absolute atomic E-state index is 11.0. The SMILES string of the molecule is CNC(=O)OC1C=C/C(=C\C#N)C=C1OC. The molecule has 5 heteroatoms. The lowest BCUT2D eigenvalue weighted by Gasteiger charge is -2.19. The Morgan fingerprint density at radius 1 is 1.69 bits per heavy atom. The molecule has 0 aliphatic heterocycles. The minimum Gasteiger partial charge on any atom is -0.497 e. The van der Waals surface area contributed by atoms with Crippen LogP contribution in [0.2, 0.25) is 0 Å². The minimum absolute atomic E-state index is 0.479. The van der Waals surface area contributed by atoms with E-state index in [0.717, 1.165) is 0 Å². The molecule has 1 aliphatic rings. The van der Waals surface area contributed by atoms with Gasteiger partial charge in [0.25, 0.3) is 0 Å². The zero-order chi connectivity index (χ0) is 12.0. The molecule has 0 saturated heterocycles. The van der Waals surface area contributed by atoms with E-state index in [4.69, 9.17) is 14.7 Å². The number of hydrogen-bond acceptors (Lipinski definition) is 4. The summed E-state index contributed by atoms with van der Waals surface area (Å²) in [7, 11) is 2.96. The van der Waals surface area contributed by atoms with Crippen LogP contribution in [0.3, 0.4) is 0 Å². The number of methoxy groups -OCH3 is 1. The fraction of sp³-hybridized carbons (Fsp3) is 0.273. The summed E-state index contributed by atoms with van der Waals surface area (Å²) in [5.41, 5.74) is 0.705. The van der Waals surface area contributed by atoms with Crippen molar-refractivity contribution in [3.63, 3.8) is 0 Å². The zero-order valence-corrected chi connectivity index (χ0v) is 9.06. The first kappa shape index (κ1) is 11.9. The molecule has 0 aromatic heterocycles. The molecular weight excluding hydrogens is 208 g/mol. The van der Waals surface area contributed by atoms with E-state index in [-0.39, 0.29) is 0 Å². The van der Waals surface area contributed by atoms with E-state index < -0.39 is 12.2 Å². The van der Waals surface area contributed by atoms with Gasteiger partial charge in [0.2, 0.25) is 0 Å². The summed E-state index contributed by atoms with van der Waals surface area (Å²) in [4.78, 5) is 11.0. The number of allylic oxidation sites excluding steroid dienone is 4. The van der Waals surface area contributed by atoms with E-state index in [1.54, 1.807) is 18.2 Å². The number of nitrogens with one attached hydrogen (secondary N) is 1. The summed E-state index contributed by atoms with van der Waals surface area (Å²) >= 11 is 0. The van der Waals surface area contributed by atoms with Crippen molar-refractivity contribution in [3.8, 4) is 6.07 Å². The molecule has 0 bridgehead atoms. The standard InChI is InChI=1S/C11H12N2O3/c1-13-11(14)16-9-4-3-8(5-6-12)7-10(9)15-2/h3-5,7,9H,1-2H3,(H,13,14)/b8-5+. The molecule has 0 spiro atoms. The molecule has 0 radical (unpaired) electrons. The van der Waals surface area contributed by atoms with E-state index in [2.05, 4.69) is 5.32 Å². The van der Waals surface area contributed by atoms with Crippen LogP contribution in [0.4, 0.5) is 4.79 Å². The van der Waals surface area contributed by atoms with Gasteiger partial charge in [-0.1, -0.05) is 6.08 Å². The number of nitriles is 1. The van der Waals surface area contributed by atoms with Crippen molar-refractivity contribution < 1.29 is 14.3 Å². The lowest BCUT2D eigenvalue weighted by Crippen LogP contribution is -2.27. The summed E-state index contributed by atoms with van der Waals surface area (Å²) in [6.45, 7) is 0. The van der Waals surface area contributed by atoms with Crippen molar-refractivity contribution >= 4 is 6.09 Å². The summed E-state index contributed by atoms with van der Waals surface area (Å²) in [5, 5.41) is 10.8. The second-order valence-corrected chi connectivity index (χ2v) is 2.96. The monoisotopic (exact) mass is 220 g/mol. The van der Waals surface area contributed by atoms with Gasteiger partial charge in [-0.2, -0.15) is 5.26 Å². The van der Waals surface area contributed by atoms with Gasteiger partial charge in [0.1, 0.15) is 5.76 Å². The summed E-state index contributed by atoms with van der Waals surface area (Å²) < 4.78 is 10.1. The molecular formula is C11H12N2O3. The van der Waals surface area contributed by atoms with Crippen molar-refractivity contribution in [2.45, 2.75) is 6.10 Å². The van der Waals surface area contributed by atoms with E-state index in [0.29, 0.717) is 11.3 Å². The van der Waals surface area contributed by atoms with Crippen LogP contribution < -0.4 is 5.32 Å². The van der Waals surface area contributed by atoms with Gasteiger partial charge in [0.05, 0.1) is 13.2 Å². The number of amides is 1. The van der Waals surface area contributed by atoms with Crippen molar-refractivity contribution in [2.24, 2.45) is 0 Å². The van der Waals surface area contributed by atoms with Gasteiger partial charge in [-0.25, -0.2) is 4.79 Å². The van der Waals surface area contributed by atoms with Gasteiger partial charge in [0.15, 0.2) is 6.10 Å². The van der Waals surface area contributed by atoms with Crippen LogP contribution in [0.5, 0.6) is 0 Å². The Labute approximate surface area is 93.6 Å². The van der Waals surface area contributed by atoms with E-state index >= 15 is 0 Å². The second kappa shape index (κ2) is 5.61. The topological polar surface area (TPSA) is 71.3 Å². The minimum atomic E-state index is -0.555. The average Bonchev–Trinajstić information content (AvgIpc) is 2.31. The molecule has 1 N–H and O–H groups in total.